The molecule has 2 aromatic rings. The lowest BCUT2D eigenvalue weighted by Crippen LogP contribution is -2.35. The van der Waals surface area contributed by atoms with E-state index in [1.807, 2.05) is 0 Å². The number of ether oxygens (including phenoxy) is 1. The average molecular weight is 357 g/mol. The molecule has 0 atom stereocenters. The second kappa shape index (κ2) is 6.78. The van der Waals surface area contributed by atoms with E-state index in [-0.39, 0.29) is 5.57 Å². The molecule has 126 valence electrons. The third-order valence-corrected chi connectivity index (χ3v) is 3.62. The maximum Gasteiger partial charge on any atom is 0.308 e. The van der Waals surface area contributed by atoms with Gasteiger partial charge in [0.2, 0.25) is 0 Å². The smallest absolute Gasteiger partial charge is 0.308 e. The summed E-state index contributed by atoms with van der Waals surface area (Å²) in [5.74, 6) is -1.14. The zero-order chi connectivity index (χ0) is 18.0. The highest BCUT2D eigenvalue weighted by Crippen LogP contribution is 2.24. The number of esters is 1. The van der Waals surface area contributed by atoms with Crippen LogP contribution in [0.4, 0.5) is 5.69 Å². The van der Waals surface area contributed by atoms with Crippen molar-refractivity contribution in [3.05, 3.63) is 64.7 Å². The minimum absolute atomic E-state index is 0.0278. The van der Waals surface area contributed by atoms with Crippen LogP contribution in [0.1, 0.15) is 12.5 Å². The number of amides is 2. The molecule has 1 fully saturated rings. The van der Waals surface area contributed by atoms with Crippen LogP contribution in [-0.4, -0.2) is 17.8 Å². The van der Waals surface area contributed by atoms with Gasteiger partial charge in [-0.3, -0.25) is 19.8 Å². The Kier molecular flexibility index (Phi) is 4.54. The van der Waals surface area contributed by atoms with Crippen molar-refractivity contribution in [1.82, 2.24) is 5.43 Å². The van der Waals surface area contributed by atoms with Crippen LogP contribution in [0.5, 0.6) is 5.75 Å². The van der Waals surface area contributed by atoms with Gasteiger partial charge >= 0.3 is 5.97 Å². The van der Waals surface area contributed by atoms with E-state index >= 15 is 0 Å². The highest BCUT2D eigenvalue weighted by Gasteiger charge is 2.34. The monoisotopic (exact) mass is 356 g/mol. The third-order valence-electron chi connectivity index (χ3n) is 3.39. The molecule has 25 heavy (non-hydrogen) atoms. The second-order valence-corrected chi connectivity index (χ2v) is 5.72. The molecule has 1 N–H and O–H groups in total. The van der Waals surface area contributed by atoms with Gasteiger partial charge in [0, 0.05) is 11.9 Å². The lowest BCUT2D eigenvalue weighted by Gasteiger charge is -2.14. The van der Waals surface area contributed by atoms with E-state index in [4.69, 9.17) is 16.3 Å². The summed E-state index contributed by atoms with van der Waals surface area (Å²) in [6, 6.07) is 13.1. The summed E-state index contributed by atoms with van der Waals surface area (Å²) in [6.07, 6.45) is 1.44. The number of hydrazine groups is 1. The molecule has 1 saturated heterocycles. The van der Waals surface area contributed by atoms with E-state index < -0.39 is 17.8 Å². The van der Waals surface area contributed by atoms with Gasteiger partial charge in [-0.1, -0.05) is 29.8 Å². The molecule has 0 aromatic heterocycles. The molecular formula is C18H13ClN2O4. The lowest BCUT2D eigenvalue weighted by molar-refractivity contribution is -0.132. The van der Waals surface area contributed by atoms with Crippen LogP contribution in [0.25, 0.3) is 6.08 Å². The van der Waals surface area contributed by atoms with Crippen molar-refractivity contribution < 1.29 is 19.1 Å². The molecule has 0 spiro atoms. The molecule has 3 rings (SSSR count). The molecule has 1 aliphatic rings. The SMILES string of the molecule is CC(=O)Oc1cccc(/C=C2/C(=O)NN(c3cccc(Cl)c3)C2=O)c1. The number of rotatable bonds is 3. The Morgan fingerprint density at radius 2 is 1.92 bits per heavy atom. The lowest BCUT2D eigenvalue weighted by atomic mass is 10.1. The normalized spacial score (nSPS) is 15.4. The number of carbonyl (C=O) groups is 3. The van der Waals surface area contributed by atoms with E-state index in [2.05, 4.69) is 5.43 Å². The molecule has 0 unspecified atom stereocenters. The Labute approximate surface area is 148 Å². The van der Waals surface area contributed by atoms with E-state index in [9.17, 15) is 14.4 Å². The first-order valence-corrected chi connectivity index (χ1v) is 7.73. The zero-order valence-electron chi connectivity index (χ0n) is 13.2. The molecule has 7 heteroatoms. The summed E-state index contributed by atoms with van der Waals surface area (Å²) in [6.45, 7) is 1.29. The van der Waals surface area contributed by atoms with Crippen molar-refractivity contribution >= 4 is 41.1 Å². The van der Waals surface area contributed by atoms with E-state index in [1.165, 1.54) is 13.0 Å². The summed E-state index contributed by atoms with van der Waals surface area (Å²) < 4.78 is 5.00. The number of hydrogen-bond donors (Lipinski definition) is 1. The number of nitrogens with zero attached hydrogens (tertiary/aromatic N) is 1. The summed E-state index contributed by atoms with van der Waals surface area (Å²) in [5.41, 5.74) is 3.49. The Morgan fingerprint density at radius 1 is 1.16 bits per heavy atom. The predicted octanol–water partition coefficient (Wildman–Crippen LogP) is 2.73. The minimum Gasteiger partial charge on any atom is -0.427 e. The molecule has 0 aliphatic carbocycles. The molecule has 2 amide bonds. The first-order chi connectivity index (χ1) is 11.9. The standard InChI is InChI=1S/C18H13ClN2O4/c1-11(22)25-15-7-2-4-12(8-15)9-16-17(23)20-21(18(16)24)14-6-3-5-13(19)10-14/h2-10H,1H3,(H,20,23)/b16-9-. The predicted molar refractivity (Wildman–Crippen MR) is 92.8 cm³/mol. The summed E-state index contributed by atoms with van der Waals surface area (Å²) in [4.78, 5) is 35.7. The fourth-order valence-corrected chi connectivity index (χ4v) is 2.54. The Hall–Kier alpha value is -3.12. The minimum atomic E-state index is -0.525. The number of anilines is 1. The van der Waals surface area contributed by atoms with Crippen LogP contribution in [-0.2, 0) is 14.4 Å². The van der Waals surface area contributed by atoms with Crippen LogP contribution >= 0.6 is 11.6 Å². The topological polar surface area (TPSA) is 75.7 Å². The number of benzene rings is 2. The molecular weight excluding hydrogens is 344 g/mol. The Balaban J connectivity index is 1.90. The molecule has 1 aliphatic heterocycles. The van der Waals surface area contributed by atoms with Gasteiger partial charge in [0.1, 0.15) is 11.3 Å². The van der Waals surface area contributed by atoms with Gasteiger partial charge in [0.05, 0.1) is 5.69 Å². The summed E-state index contributed by atoms with van der Waals surface area (Å²) in [7, 11) is 0. The Morgan fingerprint density at radius 3 is 2.64 bits per heavy atom. The summed E-state index contributed by atoms with van der Waals surface area (Å²) in [5, 5.41) is 1.58. The quantitative estimate of drug-likeness (QED) is 0.397. The number of nitrogens with one attached hydrogen (secondary N) is 1. The first-order valence-electron chi connectivity index (χ1n) is 7.35. The van der Waals surface area contributed by atoms with Gasteiger partial charge in [-0.25, -0.2) is 5.01 Å². The Bertz CT molecular complexity index is 907. The second-order valence-electron chi connectivity index (χ2n) is 5.29. The van der Waals surface area contributed by atoms with Crippen molar-refractivity contribution in [2.45, 2.75) is 6.92 Å². The van der Waals surface area contributed by atoms with Crippen molar-refractivity contribution in [2.75, 3.05) is 5.01 Å². The maximum atomic E-state index is 12.5. The molecule has 0 saturated carbocycles. The van der Waals surface area contributed by atoms with Crippen LogP contribution in [0, 0.1) is 0 Å². The van der Waals surface area contributed by atoms with Crippen molar-refractivity contribution in [3.63, 3.8) is 0 Å². The van der Waals surface area contributed by atoms with Crippen LogP contribution in [0.2, 0.25) is 5.02 Å². The fourth-order valence-electron chi connectivity index (χ4n) is 2.35. The number of carbonyl (C=O) groups excluding carboxylic acids is 3. The van der Waals surface area contributed by atoms with Crippen molar-refractivity contribution in [3.8, 4) is 5.75 Å². The van der Waals surface area contributed by atoms with Crippen molar-refractivity contribution in [1.29, 1.82) is 0 Å². The largest absolute Gasteiger partial charge is 0.427 e. The van der Waals surface area contributed by atoms with E-state index in [0.29, 0.717) is 22.0 Å². The van der Waals surface area contributed by atoms with Gasteiger partial charge in [0.25, 0.3) is 11.8 Å². The zero-order valence-corrected chi connectivity index (χ0v) is 13.9. The van der Waals surface area contributed by atoms with Gasteiger partial charge < -0.3 is 4.74 Å². The van der Waals surface area contributed by atoms with Crippen LogP contribution in [0.3, 0.4) is 0 Å². The van der Waals surface area contributed by atoms with Gasteiger partial charge in [-0.15, -0.1) is 0 Å². The molecule has 2 aromatic carbocycles. The maximum absolute atomic E-state index is 12.5. The van der Waals surface area contributed by atoms with Gasteiger partial charge in [-0.05, 0) is 42.0 Å². The van der Waals surface area contributed by atoms with Gasteiger partial charge in [0.15, 0.2) is 0 Å². The third kappa shape index (κ3) is 3.70. The number of hydrogen-bond acceptors (Lipinski definition) is 4. The van der Waals surface area contributed by atoms with E-state index in [1.54, 1.807) is 48.5 Å². The van der Waals surface area contributed by atoms with Gasteiger partial charge in [-0.2, -0.15) is 0 Å². The molecule has 0 bridgehead atoms. The molecule has 6 nitrogen and oxygen atoms in total. The van der Waals surface area contributed by atoms with Crippen LogP contribution < -0.4 is 15.2 Å². The molecule has 1 heterocycles. The fraction of sp³-hybridized carbons (Fsp3) is 0.0556. The highest BCUT2D eigenvalue weighted by molar-refractivity contribution is 6.33. The highest BCUT2D eigenvalue weighted by atomic mass is 35.5. The van der Waals surface area contributed by atoms with Crippen molar-refractivity contribution in [2.24, 2.45) is 0 Å². The average Bonchev–Trinajstić information content (AvgIpc) is 2.83. The van der Waals surface area contributed by atoms with E-state index in [0.717, 1.165) is 5.01 Å². The molecule has 0 radical (unpaired) electrons. The summed E-state index contributed by atoms with van der Waals surface area (Å²) >= 11 is 5.93. The first kappa shape index (κ1) is 16.7. The number of halogens is 1. The van der Waals surface area contributed by atoms with Crippen LogP contribution in [0.15, 0.2) is 54.1 Å².